The summed E-state index contributed by atoms with van der Waals surface area (Å²) >= 11 is 0. The molecule has 0 amide bonds. The van der Waals surface area contributed by atoms with Crippen LogP contribution in [0.15, 0.2) is 18.5 Å². The average molecular weight is 479 g/mol. The summed E-state index contributed by atoms with van der Waals surface area (Å²) in [5.74, 6) is -3.75. The standard InChI is InChI=1S/C13H8F5N2.Ir/c1-2-7-5-19-12(20-6-7)8-3-4-9(14)10(11(8)15)13(16,17)18;/h4-6H,2H2,1H3;/q-1;. The van der Waals surface area contributed by atoms with Crippen molar-refractivity contribution in [3.63, 3.8) is 0 Å². The molecular weight excluding hydrogens is 471 g/mol. The molecule has 1 aromatic heterocycles. The van der Waals surface area contributed by atoms with E-state index in [0.29, 0.717) is 12.5 Å². The molecule has 0 saturated heterocycles. The molecule has 8 heteroatoms. The number of hydrogen-bond donors (Lipinski definition) is 0. The molecule has 1 aromatic carbocycles. The second kappa shape index (κ2) is 6.58. The first-order valence-corrected chi connectivity index (χ1v) is 5.62. The van der Waals surface area contributed by atoms with Crippen LogP contribution < -0.4 is 0 Å². The van der Waals surface area contributed by atoms with Crippen LogP contribution in [0.4, 0.5) is 22.0 Å². The van der Waals surface area contributed by atoms with Crippen molar-refractivity contribution in [1.82, 2.24) is 9.97 Å². The number of nitrogens with zero attached hydrogens (tertiary/aromatic N) is 2. The minimum absolute atomic E-state index is 0. The normalized spacial score (nSPS) is 11.1. The van der Waals surface area contributed by atoms with Gasteiger partial charge in [0.2, 0.25) is 0 Å². The Hall–Kier alpha value is -1.40. The number of halogens is 5. The molecule has 0 aliphatic heterocycles. The summed E-state index contributed by atoms with van der Waals surface area (Å²) in [6.45, 7) is 1.84. The first-order chi connectivity index (χ1) is 9.34. The molecule has 0 aliphatic rings. The van der Waals surface area contributed by atoms with Gasteiger partial charge in [-0.2, -0.15) is 13.2 Å². The van der Waals surface area contributed by atoms with E-state index in [1.807, 2.05) is 6.92 Å². The maximum atomic E-state index is 13.8. The van der Waals surface area contributed by atoms with Crippen LogP contribution in [0.2, 0.25) is 0 Å². The molecule has 1 heterocycles. The number of alkyl halides is 3. The van der Waals surface area contributed by atoms with Crippen LogP contribution in [-0.4, -0.2) is 9.97 Å². The van der Waals surface area contributed by atoms with E-state index >= 15 is 0 Å². The van der Waals surface area contributed by atoms with Gasteiger partial charge in [-0.25, -0.2) is 0 Å². The van der Waals surface area contributed by atoms with E-state index < -0.39 is 28.9 Å². The number of benzene rings is 1. The number of hydrogen-bond acceptors (Lipinski definition) is 2. The smallest absolute Gasteiger partial charge is 0.285 e. The zero-order valence-electron chi connectivity index (χ0n) is 10.6. The Kier molecular flexibility index (Phi) is 5.53. The van der Waals surface area contributed by atoms with E-state index in [9.17, 15) is 22.0 Å². The number of rotatable bonds is 2. The molecule has 0 N–H and O–H groups in total. The van der Waals surface area contributed by atoms with Crippen molar-refractivity contribution in [2.75, 3.05) is 0 Å². The largest absolute Gasteiger partial charge is 0.405 e. The first-order valence-electron chi connectivity index (χ1n) is 5.62. The molecule has 0 bridgehead atoms. The molecule has 0 aliphatic carbocycles. The van der Waals surface area contributed by atoms with Gasteiger partial charge >= 0.3 is 6.18 Å². The van der Waals surface area contributed by atoms with Crippen molar-refractivity contribution in [3.8, 4) is 11.4 Å². The minimum Gasteiger partial charge on any atom is -0.285 e. The Morgan fingerprint density at radius 2 is 1.71 bits per heavy atom. The van der Waals surface area contributed by atoms with Gasteiger partial charge in [0, 0.05) is 38.1 Å². The van der Waals surface area contributed by atoms with Crippen molar-refractivity contribution in [1.29, 1.82) is 0 Å². The molecule has 2 nitrogen and oxygen atoms in total. The Balaban J connectivity index is 0.00000220. The molecule has 0 saturated carbocycles. The third-order valence-corrected chi connectivity index (χ3v) is 2.64. The molecular formula is C13H8F5IrN2-. The van der Waals surface area contributed by atoms with E-state index in [0.717, 1.165) is 5.56 Å². The summed E-state index contributed by atoms with van der Waals surface area (Å²) < 4.78 is 64.7. The molecule has 2 rings (SSSR count). The van der Waals surface area contributed by atoms with Gasteiger partial charge < -0.3 is 0 Å². The van der Waals surface area contributed by atoms with Gasteiger partial charge in [-0.1, -0.05) is 12.5 Å². The van der Waals surface area contributed by atoms with E-state index in [1.165, 1.54) is 12.4 Å². The van der Waals surface area contributed by atoms with Gasteiger partial charge in [0.05, 0.1) is 17.5 Å². The van der Waals surface area contributed by atoms with E-state index in [4.69, 9.17) is 0 Å². The van der Waals surface area contributed by atoms with Crippen LogP contribution in [0, 0.1) is 17.7 Å². The second-order valence-corrected chi connectivity index (χ2v) is 3.97. The van der Waals surface area contributed by atoms with E-state index in [2.05, 4.69) is 16.0 Å². The van der Waals surface area contributed by atoms with Crippen LogP contribution in [0.25, 0.3) is 11.4 Å². The van der Waals surface area contributed by atoms with E-state index in [-0.39, 0.29) is 25.9 Å². The van der Waals surface area contributed by atoms with Gasteiger partial charge in [0.25, 0.3) is 0 Å². The number of aryl methyl sites for hydroxylation is 1. The van der Waals surface area contributed by atoms with E-state index in [1.54, 1.807) is 0 Å². The molecule has 21 heavy (non-hydrogen) atoms. The van der Waals surface area contributed by atoms with Gasteiger partial charge in [0.1, 0.15) is 0 Å². The van der Waals surface area contributed by atoms with Crippen molar-refractivity contribution < 1.29 is 42.1 Å². The SMILES string of the molecule is CCc1cnc(-c2[c-]cc(F)c(C(F)(F)F)c2F)nc1.[Ir]. The Morgan fingerprint density at radius 1 is 1.14 bits per heavy atom. The molecule has 0 atom stereocenters. The molecule has 1 radical (unpaired) electrons. The zero-order chi connectivity index (χ0) is 14.9. The van der Waals surface area contributed by atoms with Crippen LogP contribution in [0.5, 0.6) is 0 Å². The predicted octanol–water partition coefficient (Wildman–Crippen LogP) is 3.80. The molecule has 115 valence electrons. The van der Waals surface area contributed by atoms with Crippen molar-refractivity contribution in [2.45, 2.75) is 19.5 Å². The Morgan fingerprint density at radius 3 is 2.19 bits per heavy atom. The third-order valence-electron chi connectivity index (χ3n) is 2.64. The zero-order valence-corrected chi connectivity index (χ0v) is 13.0. The summed E-state index contributed by atoms with van der Waals surface area (Å²) in [6, 6.07) is 2.53. The van der Waals surface area contributed by atoms with Gasteiger partial charge in [-0.05, 0) is 12.0 Å². The summed E-state index contributed by atoms with van der Waals surface area (Å²) in [4.78, 5) is 7.52. The quantitative estimate of drug-likeness (QED) is 0.484. The summed E-state index contributed by atoms with van der Waals surface area (Å²) in [5, 5.41) is 0. The summed E-state index contributed by atoms with van der Waals surface area (Å²) in [7, 11) is 0. The van der Waals surface area contributed by atoms with Gasteiger partial charge in [0.15, 0.2) is 0 Å². The fraction of sp³-hybridized carbons (Fsp3) is 0.231. The van der Waals surface area contributed by atoms with Crippen molar-refractivity contribution >= 4 is 0 Å². The second-order valence-electron chi connectivity index (χ2n) is 3.97. The van der Waals surface area contributed by atoms with Crippen molar-refractivity contribution in [3.05, 3.63) is 47.3 Å². The van der Waals surface area contributed by atoms with Gasteiger partial charge in [-0.15, -0.1) is 12.1 Å². The molecule has 2 aromatic rings. The Labute approximate surface area is 130 Å². The Bertz CT molecular complexity index is 626. The number of aromatic nitrogens is 2. The maximum Gasteiger partial charge on any atom is 0.405 e. The third kappa shape index (κ3) is 3.63. The summed E-state index contributed by atoms with van der Waals surface area (Å²) in [5.41, 5.74) is -1.83. The van der Waals surface area contributed by atoms with Crippen LogP contribution in [-0.2, 0) is 32.7 Å². The van der Waals surface area contributed by atoms with Crippen molar-refractivity contribution in [2.24, 2.45) is 0 Å². The predicted molar refractivity (Wildman–Crippen MR) is 60.6 cm³/mol. The monoisotopic (exact) mass is 480 g/mol. The topological polar surface area (TPSA) is 25.8 Å². The molecule has 0 spiro atoms. The van der Waals surface area contributed by atoms with Crippen LogP contribution in [0.1, 0.15) is 18.1 Å². The van der Waals surface area contributed by atoms with Gasteiger partial charge in [-0.3, -0.25) is 18.7 Å². The fourth-order valence-electron chi connectivity index (χ4n) is 1.59. The minimum atomic E-state index is -5.14. The molecule has 0 unspecified atom stereocenters. The first kappa shape index (κ1) is 17.7. The summed E-state index contributed by atoms with van der Waals surface area (Å²) in [6.07, 6.45) is -1.77. The maximum absolute atomic E-state index is 13.8. The van der Waals surface area contributed by atoms with Crippen LogP contribution in [0.3, 0.4) is 0 Å². The van der Waals surface area contributed by atoms with Crippen LogP contribution >= 0.6 is 0 Å². The fourth-order valence-corrected chi connectivity index (χ4v) is 1.59. The molecule has 0 fully saturated rings. The average Bonchev–Trinajstić information content (AvgIpc) is 2.37.